The van der Waals surface area contributed by atoms with E-state index in [1.54, 1.807) is 0 Å². The Morgan fingerprint density at radius 2 is 0.425 bits per heavy atom. The highest BCUT2D eigenvalue weighted by Gasteiger charge is 2.14. The minimum absolute atomic E-state index is 0.779. The molecule has 7 aliphatic rings. The van der Waals surface area contributed by atoms with Gasteiger partial charge in [0.2, 0.25) is 0 Å². The van der Waals surface area contributed by atoms with Crippen LogP contribution in [0.2, 0.25) is 0 Å². The highest BCUT2D eigenvalue weighted by Crippen LogP contribution is 2.34. The number of fused-ring (bicyclic) bond motifs is 4. The van der Waals surface area contributed by atoms with E-state index in [0.29, 0.717) is 0 Å². The predicted octanol–water partition coefficient (Wildman–Crippen LogP) is 19.0. The number of para-hydroxylation sites is 4. The summed E-state index contributed by atoms with van der Waals surface area (Å²) in [5.41, 5.74) is 24.5. The molecule has 380 valence electrons. The molecule has 0 aliphatic carbocycles. The van der Waals surface area contributed by atoms with E-state index >= 15 is 0 Å². The Balaban J connectivity index is 0.778. The molecule has 7 aliphatic heterocycles. The Hall–Kier alpha value is -10.2. The topological polar surface area (TPSA) is 19.7 Å². The van der Waals surface area contributed by atoms with Crippen LogP contribution in [0.5, 0.6) is 0 Å². The zero-order valence-electron chi connectivity index (χ0n) is 44.3. The van der Waals surface area contributed by atoms with Crippen molar-refractivity contribution in [2.45, 2.75) is 26.2 Å². The minimum Gasteiger partial charge on any atom is -0.342 e. The van der Waals surface area contributed by atoms with Crippen LogP contribution >= 0.6 is 0 Å². The van der Waals surface area contributed by atoms with Crippen LogP contribution in [0.15, 0.2) is 267 Å². The molecule has 0 saturated heterocycles. The summed E-state index contributed by atoms with van der Waals surface area (Å²) in [5.74, 6) is 0. The Labute approximate surface area is 466 Å². The lowest BCUT2D eigenvalue weighted by Gasteiger charge is -2.10. The summed E-state index contributed by atoms with van der Waals surface area (Å²) in [6.07, 6.45) is 18.4. The van der Waals surface area contributed by atoms with E-state index < -0.39 is 0 Å². The van der Waals surface area contributed by atoms with E-state index in [1.807, 2.05) is 0 Å². The lowest BCUT2D eigenvalue weighted by Crippen LogP contribution is -1.98. The summed E-state index contributed by atoms with van der Waals surface area (Å²) in [6.45, 7) is 3.12. The Bertz CT molecular complexity index is 4080. The fourth-order valence-corrected chi connectivity index (χ4v) is 12.3. The van der Waals surface area contributed by atoms with Crippen molar-refractivity contribution in [2.75, 3.05) is 0 Å². The van der Waals surface area contributed by atoms with Crippen molar-refractivity contribution in [1.82, 2.24) is 18.3 Å². The van der Waals surface area contributed by atoms with Gasteiger partial charge in [0, 0.05) is 117 Å². The van der Waals surface area contributed by atoms with Gasteiger partial charge >= 0.3 is 0 Å². The smallest absolute Gasteiger partial charge is 0.0489 e. The monoisotopic (exact) mass is 1020 g/mol. The predicted molar refractivity (Wildman–Crippen MR) is 337 cm³/mol. The van der Waals surface area contributed by atoms with Crippen LogP contribution in [0.25, 0.3) is 112 Å². The maximum atomic E-state index is 2.39. The lowest BCUT2D eigenvalue weighted by atomic mass is 9.98. The molecule has 4 nitrogen and oxygen atoms in total. The van der Waals surface area contributed by atoms with Crippen molar-refractivity contribution in [1.29, 1.82) is 0 Å². The third-order valence-corrected chi connectivity index (χ3v) is 16.4. The number of aromatic nitrogens is 4. The lowest BCUT2D eigenvalue weighted by molar-refractivity contribution is 0.836. The summed E-state index contributed by atoms with van der Waals surface area (Å²) in [7, 11) is 0. The molecule has 0 fully saturated rings. The molecule has 20 bridgehead atoms. The molecule has 21 rings (SSSR count). The molecule has 80 heavy (non-hydrogen) atoms. The first-order valence-corrected chi connectivity index (χ1v) is 27.8. The molecule has 0 saturated carbocycles. The summed E-state index contributed by atoms with van der Waals surface area (Å²) < 4.78 is 9.57. The molecule has 0 amide bonds. The van der Waals surface area contributed by atoms with Crippen LogP contribution in [0, 0.1) is 0 Å². The third-order valence-electron chi connectivity index (χ3n) is 16.4. The molecule has 11 heterocycles. The number of hydrogen-bond acceptors (Lipinski definition) is 0. The van der Waals surface area contributed by atoms with Crippen LogP contribution < -0.4 is 0 Å². The molecule has 0 unspecified atom stereocenters. The highest BCUT2D eigenvalue weighted by atomic mass is 15.0. The van der Waals surface area contributed by atoms with Gasteiger partial charge < -0.3 is 18.3 Å². The fraction of sp³-hybridized carbons (Fsp3) is 0.0526. The molecule has 4 aromatic heterocycles. The van der Waals surface area contributed by atoms with E-state index in [4.69, 9.17) is 0 Å². The van der Waals surface area contributed by atoms with Crippen LogP contribution in [0.3, 0.4) is 0 Å². The van der Waals surface area contributed by atoms with E-state index in [1.165, 1.54) is 133 Å². The number of rotatable bonds is 0. The number of benzene rings is 10. The summed E-state index contributed by atoms with van der Waals surface area (Å²) >= 11 is 0. The fourth-order valence-electron chi connectivity index (χ4n) is 12.3. The zero-order chi connectivity index (χ0) is 52.9. The SMILES string of the molecule is C1=C\c2cn(c3ccccc23)Cc2ccc(cc2)-c2cccc(c2)-c2ccc(cc2)Cn2cc(c3ccccc32)/C=C\c2cn(c3ccccc23)Cc2ccc(cc2)-c2cccc(c2)-c2ccc(cc2)Cn2cc/1c1ccccc12. The molecule has 0 spiro atoms. The molecule has 14 aromatic rings. The second kappa shape index (κ2) is 20.0. The molecule has 4 heteroatoms. The first-order chi connectivity index (χ1) is 39.6. The Kier molecular flexibility index (Phi) is 11.8. The zero-order valence-corrected chi connectivity index (χ0v) is 44.3. The first kappa shape index (κ1) is 47.1. The summed E-state index contributed by atoms with van der Waals surface area (Å²) in [5, 5.41) is 4.99. The van der Waals surface area contributed by atoms with Gasteiger partial charge in [0.1, 0.15) is 0 Å². The van der Waals surface area contributed by atoms with Gasteiger partial charge in [-0.3, -0.25) is 0 Å². The normalized spacial score (nSPS) is 13.5. The average Bonchev–Trinajstić information content (AvgIpc) is 4.31. The second-order valence-electron chi connectivity index (χ2n) is 21.5. The van der Waals surface area contributed by atoms with Crippen LogP contribution in [0.4, 0.5) is 0 Å². The van der Waals surface area contributed by atoms with E-state index in [9.17, 15) is 0 Å². The second-order valence-corrected chi connectivity index (χ2v) is 21.5. The Morgan fingerprint density at radius 1 is 0.200 bits per heavy atom. The first-order valence-electron chi connectivity index (χ1n) is 27.8. The third kappa shape index (κ3) is 8.97. The van der Waals surface area contributed by atoms with Gasteiger partial charge in [-0.15, -0.1) is 0 Å². The minimum atomic E-state index is 0.779. The average molecular weight is 1030 g/mol. The van der Waals surface area contributed by atoms with Gasteiger partial charge in [-0.1, -0.05) is 231 Å². The van der Waals surface area contributed by atoms with E-state index in [0.717, 1.165) is 26.2 Å². The maximum absolute atomic E-state index is 2.39. The van der Waals surface area contributed by atoms with Gasteiger partial charge in [0.05, 0.1) is 0 Å². The molecule has 0 N–H and O–H groups in total. The van der Waals surface area contributed by atoms with Gasteiger partial charge in [-0.25, -0.2) is 0 Å². The van der Waals surface area contributed by atoms with Gasteiger partial charge in [0.15, 0.2) is 0 Å². The van der Waals surface area contributed by atoms with Crippen LogP contribution in [-0.4, -0.2) is 18.3 Å². The summed E-state index contributed by atoms with van der Waals surface area (Å²) in [4.78, 5) is 0. The van der Waals surface area contributed by atoms with Crippen LogP contribution in [-0.2, 0) is 26.2 Å². The van der Waals surface area contributed by atoms with E-state index in [2.05, 4.69) is 310 Å². The van der Waals surface area contributed by atoms with Crippen molar-refractivity contribution in [3.05, 3.63) is 312 Å². The van der Waals surface area contributed by atoms with Gasteiger partial charge in [-0.05, 0) is 103 Å². The molecule has 10 aromatic carbocycles. The Morgan fingerprint density at radius 3 is 0.662 bits per heavy atom. The van der Waals surface area contributed by atoms with E-state index in [-0.39, 0.29) is 0 Å². The van der Waals surface area contributed by atoms with Crippen molar-refractivity contribution in [2.24, 2.45) is 0 Å². The quantitative estimate of drug-likeness (QED) is 0.144. The molecule has 0 atom stereocenters. The van der Waals surface area contributed by atoms with Crippen molar-refractivity contribution in [3.63, 3.8) is 0 Å². The highest BCUT2D eigenvalue weighted by molar-refractivity contribution is 5.98. The van der Waals surface area contributed by atoms with Gasteiger partial charge in [0.25, 0.3) is 0 Å². The van der Waals surface area contributed by atoms with Crippen LogP contribution in [0.1, 0.15) is 44.5 Å². The van der Waals surface area contributed by atoms with Gasteiger partial charge in [-0.2, -0.15) is 0 Å². The van der Waals surface area contributed by atoms with Crippen molar-refractivity contribution >= 4 is 67.9 Å². The van der Waals surface area contributed by atoms with Crippen molar-refractivity contribution < 1.29 is 0 Å². The summed E-state index contributed by atoms with van der Waals surface area (Å²) in [6, 6.07) is 89.4. The number of hydrogen-bond donors (Lipinski definition) is 0. The standard InChI is InChI=1S/C76H56N4/c1-5-19-73-69(15-1)65-39-40-66-50-78(74-20-6-2-16-70(66)74)46-54-25-33-58(34-26-54)63-13-10-14-64(44-63)60-37-29-56(30-38-60)48-80-52-68(72-18-4-8-22-76(72)80)42-41-67-51-79(75-21-7-3-17-71(67)75)47-55-27-35-59(36-28-55)62-12-9-11-61(43-62)57-31-23-53(24-32-57)45-77(73)49-65/h1-44,49-52H,45-48H2/b40-39-,42-41-. The number of nitrogens with zero attached hydrogens (tertiary/aromatic N) is 4. The molecular weight excluding hydrogens is 969 g/mol. The molecule has 0 radical (unpaired) electrons. The maximum Gasteiger partial charge on any atom is 0.0489 e. The largest absolute Gasteiger partial charge is 0.342 e. The van der Waals surface area contributed by atoms with Crippen molar-refractivity contribution in [3.8, 4) is 44.5 Å². The molecular formula is C76H56N4.